The molecule has 0 aliphatic carbocycles. The fraction of sp³-hybridized carbons (Fsp3) is 0.333. The number of aromatic nitrogens is 2. The first-order chi connectivity index (χ1) is 17.9. The second-order valence-electron chi connectivity index (χ2n) is 9.27. The molecule has 0 amide bonds. The zero-order valence-electron chi connectivity index (χ0n) is 21.2. The van der Waals surface area contributed by atoms with Gasteiger partial charge in [0.1, 0.15) is 17.9 Å². The molecule has 0 saturated heterocycles. The lowest BCUT2D eigenvalue weighted by Crippen LogP contribution is -2.20. The lowest BCUT2D eigenvalue weighted by molar-refractivity contribution is 0.00973. The van der Waals surface area contributed by atoms with Gasteiger partial charge >= 0.3 is 13.3 Å². The van der Waals surface area contributed by atoms with E-state index in [-0.39, 0.29) is 13.2 Å². The molecule has 0 aliphatic rings. The summed E-state index contributed by atoms with van der Waals surface area (Å²) in [4.78, 5) is 26.3. The maximum absolute atomic E-state index is 13.2. The summed E-state index contributed by atoms with van der Waals surface area (Å²) >= 11 is 0. The first kappa shape index (κ1) is 27.9. The highest BCUT2D eigenvalue weighted by atomic mass is 31.2. The van der Waals surface area contributed by atoms with E-state index in [0.717, 1.165) is 51.4 Å². The molecule has 0 aliphatic heterocycles. The Morgan fingerprint density at radius 2 is 1.79 bits per heavy atom. The first-order valence-corrected chi connectivity index (χ1v) is 13.7. The number of rotatable bonds is 11. The number of nitrogens with two attached hydrogens (primary N) is 1. The molecule has 4 rings (SSSR count). The van der Waals surface area contributed by atoms with Crippen molar-refractivity contribution in [2.45, 2.75) is 38.8 Å². The summed E-state index contributed by atoms with van der Waals surface area (Å²) in [5.74, 6) is 1.04. The minimum atomic E-state index is -5.49. The van der Waals surface area contributed by atoms with Crippen LogP contribution in [0.4, 0.5) is 14.6 Å². The Bertz CT molecular complexity index is 1510. The number of halogens is 2. The van der Waals surface area contributed by atoms with Crippen LogP contribution in [-0.4, -0.2) is 45.2 Å². The van der Waals surface area contributed by atoms with Crippen LogP contribution in [-0.2, 0) is 22.1 Å². The number of nitrogens with zero attached hydrogens (tertiary/aromatic N) is 2. The monoisotopic (exact) mass is 545 g/mol. The van der Waals surface area contributed by atoms with Crippen molar-refractivity contribution in [3.05, 3.63) is 70.9 Å². The summed E-state index contributed by atoms with van der Waals surface area (Å²) in [6.45, 7) is 3.66. The highest BCUT2D eigenvalue weighted by Gasteiger charge is 2.48. The summed E-state index contributed by atoms with van der Waals surface area (Å²) in [6, 6.07) is 14.0. The number of hydrogen-bond acceptors (Lipinski definition) is 6. The van der Waals surface area contributed by atoms with E-state index < -0.39 is 26.3 Å². The quantitative estimate of drug-likeness (QED) is 0.131. The Kier molecular flexibility index (Phi) is 8.28. The number of fused-ring (bicyclic) bond motifs is 3. The van der Waals surface area contributed by atoms with E-state index in [1.54, 1.807) is 0 Å². The van der Waals surface area contributed by atoms with Crippen LogP contribution < -0.4 is 10.5 Å². The number of pyridine rings is 2. The zero-order chi connectivity index (χ0) is 27.5. The van der Waals surface area contributed by atoms with Crippen molar-refractivity contribution in [1.82, 2.24) is 9.97 Å². The Morgan fingerprint density at radius 1 is 1.00 bits per heavy atom. The summed E-state index contributed by atoms with van der Waals surface area (Å²) in [5.41, 5.74) is 8.02. The Balaban J connectivity index is 1.32. The van der Waals surface area contributed by atoms with Gasteiger partial charge in [-0.1, -0.05) is 18.2 Å². The van der Waals surface area contributed by atoms with E-state index in [4.69, 9.17) is 25.0 Å². The molecule has 38 heavy (non-hydrogen) atoms. The lowest BCUT2D eigenvalue weighted by atomic mass is 9.99. The average Bonchev–Trinajstić information content (AvgIpc) is 2.84. The minimum Gasteiger partial charge on any atom is -0.491 e. The number of nitrogen functional groups attached to an aromatic ring is 1. The number of ether oxygens (including phenoxy) is 2. The molecule has 2 aromatic heterocycles. The van der Waals surface area contributed by atoms with E-state index >= 15 is 0 Å². The van der Waals surface area contributed by atoms with Gasteiger partial charge in [-0.2, -0.15) is 8.78 Å². The molecule has 0 unspecified atom stereocenters. The summed E-state index contributed by atoms with van der Waals surface area (Å²) in [7, 11) is -5.49. The van der Waals surface area contributed by atoms with Crippen molar-refractivity contribution in [3.8, 4) is 5.75 Å². The van der Waals surface area contributed by atoms with Crippen molar-refractivity contribution >= 4 is 35.2 Å². The predicted octanol–water partition coefficient (Wildman–Crippen LogP) is 5.32. The van der Waals surface area contributed by atoms with E-state index in [0.29, 0.717) is 17.1 Å². The topological polar surface area (TPSA) is 128 Å². The Morgan fingerprint density at radius 3 is 2.53 bits per heavy atom. The average molecular weight is 546 g/mol. The van der Waals surface area contributed by atoms with Gasteiger partial charge in [-0.25, -0.2) is 4.98 Å². The third kappa shape index (κ3) is 6.45. The molecule has 2 aromatic carbocycles. The summed E-state index contributed by atoms with van der Waals surface area (Å²) < 4.78 is 47.8. The molecule has 0 bridgehead atoms. The number of alkyl halides is 2. The van der Waals surface area contributed by atoms with Crippen molar-refractivity contribution < 1.29 is 32.6 Å². The van der Waals surface area contributed by atoms with E-state index in [2.05, 4.69) is 28.2 Å². The predicted molar refractivity (Wildman–Crippen MR) is 143 cm³/mol. The van der Waals surface area contributed by atoms with Crippen LogP contribution >= 0.6 is 7.60 Å². The number of hydrogen-bond donors (Lipinski definition) is 3. The second-order valence-corrected chi connectivity index (χ2v) is 11.0. The van der Waals surface area contributed by atoms with Crippen LogP contribution in [0.15, 0.2) is 48.7 Å². The zero-order valence-corrected chi connectivity index (χ0v) is 22.0. The van der Waals surface area contributed by atoms with Crippen molar-refractivity contribution in [2.75, 3.05) is 25.6 Å². The van der Waals surface area contributed by atoms with Crippen molar-refractivity contribution in [1.29, 1.82) is 0 Å². The largest absolute Gasteiger partial charge is 0.491 e. The molecule has 2 heterocycles. The maximum Gasteiger partial charge on any atom is 0.394 e. The number of anilines is 1. The van der Waals surface area contributed by atoms with Gasteiger partial charge in [-0.3, -0.25) is 9.55 Å². The fourth-order valence-corrected chi connectivity index (χ4v) is 4.56. The molecule has 0 atom stereocenters. The van der Waals surface area contributed by atoms with Crippen LogP contribution in [0.1, 0.15) is 28.7 Å². The molecule has 4 N–H and O–H groups in total. The third-order valence-electron chi connectivity index (χ3n) is 6.34. The standard InChI is InChI=1S/C27H30F2N3O5P/c1-17-3-8-22-23-15-19(16-31-25(23)26(30)32-24(22)13-17)4-5-20-6-7-21(14-18(20)2)37-12-11-36-10-9-27(28,29)38(33,34)35/h3,6-8,13-16H,4-5,9-12H2,1-2H3,(H2,30,32)(H2,33,34,35). The van der Waals surface area contributed by atoms with Gasteiger partial charge in [0.15, 0.2) is 5.82 Å². The van der Waals surface area contributed by atoms with Gasteiger partial charge in [0, 0.05) is 23.4 Å². The second kappa shape index (κ2) is 11.3. The molecule has 8 nitrogen and oxygen atoms in total. The molecule has 4 aromatic rings. The van der Waals surface area contributed by atoms with E-state index in [1.165, 1.54) is 0 Å². The first-order valence-electron chi connectivity index (χ1n) is 12.1. The number of aryl methyl sites for hydroxylation is 4. The molecular formula is C27H30F2N3O5P. The smallest absolute Gasteiger partial charge is 0.394 e. The van der Waals surface area contributed by atoms with E-state index in [1.807, 2.05) is 44.3 Å². The third-order valence-corrected chi connectivity index (χ3v) is 7.41. The maximum atomic E-state index is 13.2. The van der Waals surface area contributed by atoms with Crippen molar-refractivity contribution in [3.63, 3.8) is 0 Å². The van der Waals surface area contributed by atoms with Crippen LogP contribution in [0.5, 0.6) is 5.75 Å². The van der Waals surface area contributed by atoms with Crippen LogP contribution in [0.3, 0.4) is 0 Å². The fourth-order valence-electron chi connectivity index (χ4n) is 4.18. The van der Waals surface area contributed by atoms with Crippen LogP contribution in [0, 0.1) is 13.8 Å². The van der Waals surface area contributed by atoms with Gasteiger partial charge in [0.05, 0.1) is 18.7 Å². The summed E-state index contributed by atoms with van der Waals surface area (Å²) in [5, 5.41) is 2.00. The molecule has 0 saturated carbocycles. The van der Waals surface area contributed by atoms with Crippen LogP contribution in [0.25, 0.3) is 21.8 Å². The highest BCUT2D eigenvalue weighted by Crippen LogP contribution is 2.54. The van der Waals surface area contributed by atoms with Crippen LogP contribution in [0.2, 0.25) is 0 Å². The highest BCUT2D eigenvalue weighted by molar-refractivity contribution is 7.53. The molecule has 202 valence electrons. The SMILES string of the molecule is Cc1ccc2c(c1)nc(N)c1ncc(CCc3ccc(OCCOCCC(F)(F)P(=O)(O)O)cc3C)cc12. The molecular weight excluding hydrogens is 515 g/mol. The minimum absolute atomic E-state index is 0.0152. The molecule has 0 radical (unpaired) electrons. The molecule has 11 heteroatoms. The number of benzene rings is 2. The molecule has 0 spiro atoms. The Hall–Kier alpha value is -3.17. The lowest BCUT2D eigenvalue weighted by Gasteiger charge is -2.17. The van der Waals surface area contributed by atoms with Gasteiger partial charge < -0.3 is 25.0 Å². The Labute approximate surface area is 219 Å². The van der Waals surface area contributed by atoms with E-state index in [9.17, 15) is 13.3 Å². The van der Waals surface area contributed by atoms with Gasteiger partial charge in [0.2, 0.25) is 0 Å². The van der Waals surface area contributed by atoms with Gasteiger partial charge in [0.25, 0.3) is 0 Å². The van der Waals surface area contributed by atoms with Crippen molar-refractivity contribution in [2.24, 2.45) is 0 Å². The normalized spacial score (nSPS) is 12.4. The summed E-state index contributed by atoms with van der Waals surface area (Å²) in [6.07, 6.45) is 2.36. The van der Waals surface area contributed by atoms with Gasteiger partial charge in [-0.05, 0) is 73.2 Å². The molecule has 0 fully saturated rings. The van der Waals surface area contributed by atoms with Gasteiger partial charge in [-0.15, -0.1) is 0 Å².